The van der Waals surface area contributed by atoms with Gasteiger partial charge in [0.05, 0.1) is 11.9 Å². The Hall–Kier alpha value is -1.07. The Morgan fingerprint density at radius 3 is 2.27 bits per heavy atom. The summed E-state index contributed by atoms with van der Waals surface area (Å²) in [5.74, 6) is 0. The number of hydrogen-bond donors (Lipinski definition) is 2. The van der Waals surface area contributed by atoms with E-state index in [-0.39, 0.29) is 0 Å². The van der Waals surface area contributed by atoms with E-state index in [0.29, 0.717) is 5.69 Å². The number of para-hydroxylation sites is 1. The Balaban J connectivity index is 3.19. The van der Waals surface area contributed by atoms with E-state index in [0.717, 1.165) is 11.8 Å². The maximum Gasteiger partial charge on any atom is 0.229 e. The fraction of sp³-hybridized carbons (Fsp3) is 0.400. The number of rotatable bonds is 3. The third-order valence-electron chi connectivity index (χ3n) is 1.92. The van der Waals surface area contributed by atoms with Gasteiger partial charge >= 0.3 is 0 Å². The van der Waals surface area contributed by atoms with Crippen molar-refractivity contribution >= 4 is 15.7 Å². The first kappa shape index (κ1) is 12.0. The zero-order chi connectivity index (χ0) is 11.7. The summed E-state index contributed by atoms with van der Waals surface area (Å²) in [7, 11) is -3.27. The third kappa shape index (κ3) is 3.53. The van der Waals surface area contributed by atoms with Crippen molar-refractivity contribution in [2.45, 2.75) is 19.4 Å². The molecule has 0 aliphatic carbocycles. The summed E-state index contributed by atoms with van der Waals surface area (Å²) < 4.78 is 24.7. The average Bonchev–Trinajstić information content (AvgIpc) is 1.99. The molecule has 0 amide bonds. The molecule has 3 N–H and O–H groups in total. The van der Waals surface area contributed by atoms with E-state index in [9.17, 15) is 8.42 Å². The van der Waals surface area contributed by atoms with Gasteiger partial charge in [0.1, 0.15) is 0 Å². The molecule has 0 aromatic heterocycles. The van der Waals surface area contributed by atoms with Crippen LogP contribution in [0.25, 0.3) is 0 Å². The number of benzene rings is 1. The predicted molar refractivity (Wildman–Crippen MR) is 62.1 cm³/mol. The fourth-order valence-corrected chi connectivity index (χ4v) is 1.91. The Morgan fingerprint density at radius 1 is 1.27 bits per heavy atom. The Morgan fingerprint density at radius 2 is 1.80 bits per heavy atom. The van der Waals surface area contributed by atoms with E-state index in [1.807, 2.05) is 26.0 Å². The summed E-state index contributed by atoms with van der Waals surface area (Å²) in [4.78, 5) is 0. The molecule has 0 atom stereocenters. The van der Waals surface area contributed by atoms with Gasteiger partial charge in [-0.2, -0.15) is 0 Å². The number of nitrogens with two attached hydrogens (primary N) is 1. The molecule has 0 saturated heterocycles. The molecule has 0 unspecified atom stereocenters. The zero-order valence-electron chi connectivity index (χ0n) is 9.11. The van der Waals surface area contributed by atoms with E-state index in [4.69, 9.17) is 5.73 Å². The lowest BCUT2D eigenvalue weighted by Crippen LogP contribution is -2.30. The quantitative estimate of drug-likeness (QED) is 0.818. The van der Waals surface area contributed by atoms with E-state index >= 15 is 0 Å². The van der Waals surface area contributed by atoms with Crippen molar-refractivity contribution < 1.29 is 8.42 Å². The number of sulfonamides is 1. The molecule has 1 aromatic rings. The Bertz CT molecular complexity index is 447. The van der Waals surface area contributed by atoms with Gasteiger partial charge in [-0.05, 0) is 25.5 Å². The largest absolute Gasteiger partial charge is 0.322 e. The molecule has 84 valence electrons. The van der Waals surface area contributed by atoms with Crippen LogP contribution in [0.3, 0.4) is 0 Å². The van der Waals surface area contributed by atoms with Crippen LogP contribution in [-0.2, 0) is 15.6 Å². The predicted octanol–water partition coefficient (Wildman–Crippen LogP) is 1.25. The molecule has 0 aliphatic rings. The maximum absolute atomic E-state index is 11.1. The molecule has 0 radical (unpaired) electrons. The second-order valence-electron chi connectivity index (χ2n) is 4.14. The molecule has 0 spiro atoms. The first-order valence-electron chi connectivity index (χ1n) is 4.56. The van der Waals surface area contributed by atoms with Crippen molar-refractivity contribution in [1.29, 1.82) is 0 Å². The van der Waals surface area contributed by atoms with Crippen molar-refractivity contribution in [3.05, 3.63) is 29.8 Å². The summed E-state index contributed by atoms with van der Waals surface area (Å²) in [5.41, 5.74) is 6.67. The summed E-state index contributed by atoms with van der Waals surface area (Å²) >= 11 is 0. The first-order valence-corrected chi connectivity index (χ1v) is 6.45. The lowest BCUT2D eigenvalue weighted by molar-refractivity contribution is 0.556. The van der Waals surface area contributed by atoms with Gasteiger partial charge in [-0.25, -0.2) is 8.42 Å². The molecule has 4 nitrogen and oxygen atoms in total. The van der Waals surface area contributed by atoms with E-state index in [1.54, 1.807) is 12.1 Å². The summed E-state index contributed by atoms with van der Waals surface area (Å²) in [5, 5.41) is 0. The molecule has 0 bridgehead atoms. The van der Waals surface area contributed by atoms with Crippen LogP contribution in [0.2, 0.25) is 0 Å². The minimum atomic E-state index is -3.27. The van der Waals surface area contributed by atoms with Gasteiger partial charge in [0.25, 0.3) is 0 Å². The molecule has 0 heterocycles. The Kier molecular flexibility index (Phi) is 3.06. The molecule has 0 saturated carbocycles. The molecule has 5 heteroatoms. The average molecular weight is 228 g/mol. The molecule has 0 aliphatic heterocycles. The number of hydrogen-bond acceptors (Lipinski definition) is 3. The van der Waals surface area contributed by atoms with Crippen LogP contribution in [0, 0.1) is 0 Å². The van der Waals surface area contributed by atoms with Crippen molar-refractivity contribution in [1.82, 2.24) is 0 Å². The van der Waals surface area contributed by atoms with E-state index < -0.39 is 15.6 Å². The Labute approximate surface area is 90.5 Å². The van der Waals surface area contributed by atoms with Crippen molar-refractivity contribution in [3.63, 3.8) is 0 Å². The summed E-state index contributed by atoms with van der Waals surface area (Å²) in [6.45, 7) is 3.66. The molecule has 1 aromatic carbocycles. The highest BCUT2D eigenvalue weighted by Gasteiger charge is 2.19. The topological polar surface area (TPSA) is 72.2 Å². The van der Waals surface area contributed by atoms with Gasteiger partial charge in [0.2, 0.25) is 10.0 Å². The second kappa shape index (κ2) is 3.83. The molecule has 1 rings (SSSR count). The second-order valence-corrected chi connectivity index (χ2v) is 5.89. The molecule has 0 fully saturated rings. The standard InChI is InChI=1S/C10H16N2O2S/c1-10(2,11)8-6-4-5-7-9(8)12-15(3,13)14/h4-7,12H,11H2,1-3H3. The minimum Gasteiger partial charge on any atom is -0.322 e. The number of nitrogens with one attached hydrogen (secondary N) is 1. The van der Waals surface area contributed by atoms with Crippen LogP contribution in [0.4, 0.5) is 5.69 Å². The third-order valence-corrected chi connectivity index (χ3v) is 2.51. The van der Waals surface area contributed by atoms with Crippen molar-refractivity contribution in [2.24, 2.45) is 5.73 Å². The van der Waals surface area contributed by atoms with Crippen LogP contribution in [-0.4, -0.2) is 14.7 Å². The first-order chi connectivity index (χ1) is 6.70. The smallest absolute Gasteiger partial charge is 0.229 e. The zero-order valence-corrected chi connectivity index (χ0v) is 9.93. The van der Waals surface area contributed by atoms with Crippen LogP contribution < -0.4 is 10.5 Å². The highest BCUT2D eigenvalue weighted by atomic mass is 32.2. The summed E-state index contributed by atoms with van der Waals surface area (Å²) in [6.07, 6.45) is 1.12. The minimum absolute atomic E-state index is 0.535. The normalized spacial score (nSPS) is 12.5. The highest BCUT2D eigenvalue weighted by Crippen LogP contribution is 2.25. The lowest BCUT2D eigenvalue weighted by Gasteiger charge is -2.22. The van der Waals surface area contributed by atoms with Gasteiger partial charge in [-0.15, -0.1) is 0 Å². The van der Waals surface area contributed by atoms with Crippen molar-refractivity contribution in [2.75, 3.05) is 11.0 Å². The van der Waals surface area contributed by atoms with E-state index in [1.165, 1.54) is 0 Å². The highest BCUT2D eigenvalue weighted by molar-refractivity contribution is 7.92. The monoisotopic (exact) mass is 228 g/mol. The summed E-state index contributed by atoms with van der Waals surface area (Å²) in [6, 6.07) is 7.11. The van der Waals surface area contributed by atoms with Gasteiger partial charge in [0.15, 0.2) is 0 Å². The van der Waals surface area contributed by atoms with Crippen LogP contribution >= 0.6 is 0 Å². The number of anilines is 1. The lowest BCUT2D eigenvalue weighted by atomic mass is 9.94. The fourth-order valence-electron chi connectivity index (χ4n) is 1.33. The van der Waals surface area contributed by atoms with Crippen LogP contribution in [0.1, 0.15) is 19.4 Å². The van der Waals surface area contributed by atoms with Crippen LogP contribution in [0.15, 0.2) is 24.3 Å². The van der Waals surface area contributed by atoms with E-state index in [2.05, 4.69) is 4.72 Å². The SMILES string of the molecule is CC(C)(N)c1ccccc1NS(C)(=O)=O. The molecule has 15 heavy (non-hydrogen) atoms. The van der Waals surface area contributed by atoms with Crippen LogP contribution in [0.5, 0.6) is 0 Å². The molecular weight excluding hydrogens is 212 g/mol. The van der Waals surface area contributed by atoms with Gasteiger partial charge < -0.3 is 5.73 Å². The van der Waals surface area contributed by atoms with Gasteiger partial charge in [-0.3, -0.25) is 4.72 Å². The maximum atomic E-state index is 11.1. The molecular formula is C10H16N2O2S. The van der Waals surface area contributed by atoms with Gasteiger partial charge in [-0.1, -0.05) is 18.2 Å². The van der Waals surface area contributed by atoms with Crippen molar-refractivity contribution in [3.8, 4) is 0 Å². The van der Waals surface area contributed by atoms with Gasteiger partial charge in [0, 0.05) is 5.54 Å².